The monoisotopic (exact) mass is 481 g/mol. The number of hydrogen-bond acceptors (Lipinski definition) is 3. The van der Waals surface area contributed by atoms with Crippen LogP contribution in [0.2, 0.25) is 10.0 Å². The van der Waals surface area contributed by atoms with E-state index >= 15 is 0 Å². The lowest BCUT2D eigenvalue weighted by atomic mass is 10.2. The van der Waals surface area contributed by atoms with Crippen LogP contribution in [0.25, 0.3) is 6.08 Å². The van der Waals surface area contributed by atoms with Crippen molar-refractivity contribution in [2.24, 2.45) is 0 Å². The molecule has 1 amide bonds. The number of hydrogen-bond donors (Lipinski definition) is 1. The van der Waals surface area contributed by atoms with Crippen LogP contribution in [0.15, 0.2) is 41.1 Å². The summed E-state index contributed by atoms with van der Waals surface area (Å²) in [6.45, 7) is 5.27. The molecule has 0 unspecified atom stereocenters. The SMILES string of the molecule is CCn1ncc(/C=C/C(=O)Nc2nn(Cc3ccc(Cl)c(Cl)c3)cc2Br)c1C. The Morgan fingerprint density at radius 2 is 2.11 bits per heavy atom. The Kier molecular flexibility index (Phi) is 6.59. The summed E-state index contributed by atoms with van der Waals surface area (Å²) < 4.78 is 4.27. The first kappa shape index (κ1) is 20.6. The Hall–Kier alpha value is -2.09. The number of aromatic nitrogens is 4. The fourth-order valence-corrected chi connectivity index (χ4v) is 3.39. The van der Waals surface area contributed by atoms with Crippen molar-refractivity contribution in [1.29, 1.82) is 0 Å². The zero-order chi connectivity index (χ0) is 20.3. The second-order valence-corrected chi connectivity index (χ2v) is 7.76. The van der Waals surface area contributed by atoms with Crippen molar-refractivity contribution in [2.45, 2.75) is 26.9 Å². The van der Waals surface area contributed by atoms with Crippen molar-refractivity contribution >= 4 is 56.9 Å². The number of nitrogens with one attached hydrogen (secondary N) is 1. The molecule has 9 heteroatoms. The third-order valence-corrected chi connectivity index (χ3v) is 5.46. The molecule has 0 fully saturated rings. The first-order chi connectivity index (χ1) is 13.4. The minimum Gasteiger partial charge on any atom is -0.305 e. The Balaban J connectivity index is 1.67. The van der Waals surface area contributed by atoms with Crippen LogP contribution < -0.4 is 5.32 Å². The van der Waals surface area contributed by atoms with E-state index in [0.29, 0.717) is 26.9 Å². The summed E-state index contributed by atoms with van der Waals surface area (Å²) in [5.41, 5.74) is 2.87. The standard InChI is InChI=1S/C19H18BrCl2N5O/c1-3-27-12(2)14(9-23-27)5-7-18(28)24-19-15(20)11-26(25-19)10-13-4-6-16(21)17(22)8-13/h4-9,11H,3,10H2,1-2H3,(H,24,25,28)/b7-5+. The van der Waals surface area contributed by atoms with Crippen molar-refractivity contribution < 1.29 is 4.79 Å². The number of halogens is 3. The predicted molar refractivity (Wildman–Crippen MR) is 116 cm³/mol. The van der Waals surface area contributed by atoms with Crippen molar-refractivity contribution in [1.82, 2.24) is 19.6 Å². The highest BCUT2D eigenvalue weighted by Gasteiger charge is 2.10. The average molecular weight is 483 g/mol. The van der Waals surface area contributed by atoms with E-state index in [0.717, 1.165) is 23.4 Å². The summed E-state index contributed by atoms with van der Waals surface area (Å²) >= 11 is 15.4. The lowest BCUT2D eigenvalue weighted by Gasteiger charge is -2.03. The molecule has 0 radical (unpaired) electrons. The number of nitrogens with zero attached hydrogens (tertiary/aromatic N) is 4. The summed E-state index contributed by atoms with van der Waals surface area (Å²) in [5, 5.41) is 12.4. The number of benzene rings is 1. The maximum absolute atomic E-state index is 12.2. The van der Waals surface area contributed by atoms with Crippen molar-refractivity contribution in [3.8, 4) is 0 Å². The number of carbonyl (C=O) groups excluding carboxylic acids is 1. The van der Waals surface area contributed by atoms with Gasteiger partial charge in [-0.2, -0.15) is 10.2 Å². The number of rotatable bonds is 6. The molecule has 146 valence electrons. The van der Waals surface area contributed by atoms with Gasteiger partial charge in [0.25, 0.3) is 0 Å². The van der Waals surface area contributed by atoms with E-state index in [4.69, 9.17) is 23.2 Å². The fraction of sp³-hybridized carbons (Fsp3) is 0.211. The zero-order valence-corrected chi connectivity index (χ0v) is 18.4. The highest BCUT2D eigenvalue weighted by Crippen LogP contribution is 2.24. The average Bonchev–Trinajstić information content (AvgIpc) is 3.18. The summed E-state index contributed by atoms with van der Waals surface area (Å²) in [5.74, 6) is 0.167. The minimum absolute atomic E-state index is 0.274. The molecule has 6 nitrogen and oxygen atoms in total. The van der Waals surface area contributed by atoms with E-state index in [2.05, 4.69) is 31.4 Å². The molecule has 28 heavy (non-hydrogen) atoms. The molecule has 0 saturated heterocycles. The summed E-state index contributed by atoms with van der Waals surface area (Å²) in [6, 6.07) is 5.41. The molecule has 0 saturated carbocycles. The molecule has 0 spiro atoms. The highest BCUT2D eigenvalue weighted by molar-refractivity contribution is 9.10. The summed E-state index contributed by atoms with van der Waals surface area (Å²) in [7, 11) is 0. The molecule has 0 atom stereocenters. The van der Waals surface area contributed by atoms with E-state index in [1.807, 2.05) is 24.6 Å². The van der Waals surface area contributed by atoms with Crippen molar-refractivity contribution in [3.63, 3.8) is 0 Å². The summed E-state index contributed by atoms with van der Waals surface area (Å²) in [6.07, 6.45) is 6.74. The van der Waals surface area contributed by atoms with Crippen molar-refractivity contribution in [3.05, 3.63) is 68.0 Å². The molecular formula is C19H18BrCl2N5O. The molecule has 0 aliphatic heterocycles. The molecule has 0 bridgehead atoms. The van der Waals surface area contributed by atoms with Crippen LogP contribution in [0.4, 0.5) is 5.82 Å². The molecule has 1 aromatic carbocycles. The maximum atomic E-state index is 12.2. The second-order valence-electron chi connectivity index (χ2n) is 6.10. The van der Waals surface area contributed by atoms with Gasteiger partial charge < -0.3 is 5.32 Å². The van der Waals surface area contributed by atoms with Crippen LogP contribution in [0, 0.1) is 6.92 Å². The lowest BCUT2D eigenvalue weighted by Crippen LogP contribution is -2.09. The van der Waals surface area contributed by atoms with Gasteiger partial charge >= 0.3 is 0 Å². The van der Waals surface area contributed by atoms with Gasteiger partial charge in [-0.15, -0.1) is 0 Å². The minimum atomic E-state index is -0.274. The molecule has 0 aliphatic carbocycles. The predicted octanol–water partition coefficient (Wildman–Crippen LogP) is 5.18. The Morgan fingerprint density at radius 3 is 2.79 bits per heavy atom. The van der Waals surface area contributed by atoms with Gasteiger partial charge in [0.15, 0.2) is 5.82 Å². The van der Waals surface area contributed by atoms with Crippen LogP contribution in [0.1, 0.15) is 23.7 Å². The van der Waals surface area contributed by atoms with E-state index in [-0.39, 0.29) is 5.91 Å². The first-order valence-electron chi connectivity index (χ1n) is 8.55. The molecular weight excluding hydrogens is 465 g/mol. The van der Waals surface area contributed by atoms with E-state index in [1.165, 1.54) is 6.08 Å². The normalized spacial score (nSPS) is 11.3. The van der Waals surface area contributed by atoms with Crippen molar-refractivity contribution in [2.75, 3.05) is 5.32 Å². The molecule has 0 aliphatic rings. The smallest absolute Gasteiger partial charge is 0.249 e. The number of aryl methyl sites for hydroxylation is 1. The Morgan fingerprint density at radius 1 is 1.32 bits per heavy atom. The maximum Gasteiger partial charge on any atom is 0.249 e. The molecule has 1 N–H and O–H groups in total. The molecule has 2 aromatic heterocycles. The number of carbonyl (C=O) groups is 1. The molecule has 3 rings (SSSR count). The van der Waals surface area contributed by atoms with E-state index in [9.17, 15) is 4.79 Å². The second kappa shape index (κ2) is 8.94. The quantitative estimate of drug-likeness (QED) is 0.492. The van der Waals surface area contributed by atoms with Gasteiger partial charge in [0, 0.05) is 30.1 Å². The van der Waals surface area contributed by atoms with Gasteiger partial charge in [-0.3, -0.25) is 14.2 Å². The Labute approximate surface area is 181 Å². The van der Waals surface area contributed by atoms with Crippen LogP contribution in [0.5, 0.6) is 0 Å². The lowest BCUT2D eigenvalue weighted by molar-refractivity contribution is -0.111. The van der Waals surface area contributed by atoms with Gasteiger partial charge in [0.05, 0.1) is 27.3 Å². The first-order valence-corrected chi connectivity index (χ1v) is 10.1. The van der Waals surface area contributed by atoms with Crippen LogP contribution >= 0.6 is 39.1 Å². The number of amides is 1. The topological polar surface area (TPSA) is 64.7 Å². The fourth-order valence-electron chi connectivity index (χ4n) is 2.66. The zero-order valence-electron chi connectivity index (χ0n) is 15.3. The molecule has 3 aromatic rings. The Bertz CT molecular complexity index is 1040. The van der Waals surface area contributed by atoms with Crippen LogP contribution in [-0.2, 0) is 17.9 Å². The van der Waals surface area contributed by atoms with E-state index < -0.39 is 0 Å². The van der Waals surface area contributed by atoms with Gasteiger partial charge in [0.2, 0.25) is 5.91 Å². The summed E-state index contributed by atoms with van der Waals surface area (Å²) in [4.78, 5) is 12.2. The number of anilines is 1. The molecule has 2 heterocycles. The van der Waals surface area contributed by atoms with E-state index in [1.54, 1.807) is 35.3 Å². The van der Waals surface area contributed by atoms with Crippen LogP contribution in [0.3, 0.4) is 0 Å². The van der Waals surface area contributed by atoms with Gasteiger partial charge in [-0.25, -0.2) is 0 Å². The van der Waals surface area contributed by atoms with Gasteiger partial charge in [0.1, 0.15) is 0 Å². The van der Waals surface area contributed by atoms with Gasteiger partial charge in [-0.05, 0) is 53.5 Å². The third kappa shape index (κ3) is 4.84. The third-order valence-electron chi connectivity index (χ3n) is 4.14. The van der Waals surface area contributed by atoms with Crippen LogP contribution in [-0.4, -0.2) is 25.5 Å². The largest absolute Gasteiger partial charge is 0.305 e. The van der Waals surface area contributed by atoms with Gasteiger partial charge in [-0.1, -0.05) is 29.3 Å². The highest BCUT2D eigenvalue weighted by atomic mass is 79.9.